The molecule has 0 amide bonds. The standard InChI is InChI=1S/C17H23N3O2/c1-3-14-13-15(16-4-2-10-22-16)20(17(14)18-5-1)7-6-19-8-11-21-12-9-19/h1,3,5,13,16H,2,4,6-12H2/t16-/m1/s1. The lowest BCUT2D eigenvalue weighted by atomic mass is 10.2. The van der Waals surface area contributed by atoms with Crippen molar-refractivity contribution in [2.45, 2.75) is 25.5 Å². The number of pyridine rings is 1. The molecule has 5 heteroatoms. The Morgan fingerprint density at radius 3 is 2.91 bits per heavy atom. The predicted molar refractivity (Wildman–Crippen MR) is 84.9 cm³/mol. The number of nitrogens with zero attached hydrogens (tertiary/aromatic N) is 3. The molecule has 2 aromatic rings. The van der Waals surface area contributed by atoms with Gasteiger partial charge < -0.3 is 14.0 Å². The third kappa shape index (κ3) is 2.76. The second kappa shape index (κ2) is 6.36. The fourth-order valence-electron chi connectivity index (χ4n) is 3.49. The molecule has 118 valence electrons. The smallest absolute Gasteiger partial charge is 0.140 e. The van der Waals surface area contributed by atoms with Gasteiger partial charge in [0.2, 0.25) is 0 Å². The van der Waals surface area contributed by atoms with Crippen LogP contribution in [-0.2, 0) is 16.0 Å². The molecule has 0 spiro atoms. The molecule has 2 saturated heterocycles. The molecule has 22 heavy (non-hydrogen) atoms. The van der Waals surface area contributed by atoms with Crippen molar-refractivity contribution in [3.05, 3.63) is 30.1 Å². The average Bonchev–Trinajstić information content (AvgIpc) is 3.21. The van der Waals surface area contributed by atoms with Gasteiger partial charge in [-0.15, -0.1) is 0 Å². The molecule has 4 heterocycles. The van der Waals surface area contributed by atoms with Crippen molar-refractivity contribution in [2.24, 2.45) is 0 Å². The summed E-state index contributed by atoms with van der Waals surface area (Å²) in [6, 6.07) is 6.41. The van der Waals surface area contributed by atoms with Crippen molar-refractivity contribution in [3.8, 4) is 0 Å². The Morgan fingerprint density at radius 1 is 1.18 bits per heavy atom. The van der Waals surface area contributed by atoms with Crippen LogP contribution < -0.4 is 0 Å². The molecule has 2 aromatic heterocycles. The number of fused-ring (bicyclic) bond motifs is 1. The minimum absolute atomic E-state index is 0.235. The van der Waals surface area contributed by atoms with E-state index < -0.39 is 0 Å². The monoisotopic (exact) mass is 301 g/mol. The Bertz CT molecular complexity index is 628. The van der Waals surface area contributed by atoms with Crippen LogP contribution in [0, 0.1) is 0 Å². The first-order chi connectivity index (χ1) is 10.9. The maximum absolute atomic E-state index is 5.92. The van der Waals surface area contributed by atoms with Gasteiger partial charge in [0, 0.05) is 50.1 Å². The summed E-state index contributed by atoms with van der Waals surface area (Å²) in [5.74, 6) is 0. The minimum atomic E-state index is 0.235. The molecule has 2 fully saturated rings. The Hall–Kier alpha value is -1.43. The first kappa shape index (κ1) is 14.2. The van der Waals surface area contributed by atoms with Crippen molar-refractivity contribution in [1.82, 2.24) is 14.5 Å². The van der Waals surface area contributed by atoms with E-state index in [0.29, 0.717) is 0 Å². The summed E-state index contributed by atoms with van der Waals surface area (Å²) in [6.07, 6.45) is 4.39. The van der Waals surface area contributed by atoms with Gasteiger partial charge >= 0.3 is 0 Å². The second-order valence-corrected chi connectivity index (χ2v) is 6.09. The Morgan fingerprint density at radius 2 is 2.09 bits per heavy atom. The quantitative estimate of drug-likeness (QED) is 0.868. The second-order valence-electron chi connectivity index (χ2n) is 6.09. The van der Waals surface area contributed by atoms with Gasteiger partial charge in [-0.3, -0.25) is 4.90 Å². The van der Waals surface area contributed by atoms with E-state index in [1.165, 1.54) is 11.1 Å². The summed E-state index contributed by atoms with van der Waals surface area (Å²) in [5, 5.41) is 1.22. The third-order valence-electron chi connectivity index (χ3n) is 4.69. The third-order valence-corrected chi connectivity index (χ3v) is 4.69. The summed E-state index contributed by atoms with van der Waals surface area (Å²) in [6.45, 7) is 6.65. The van der Waals surface area contributed by atoms with E-state index in [9.17, 15) is 0 Å². The van der Waals surface area contributed by atoms with Crippen LogP contribution in [-0.4, -0.2) is 53.9 Å². The lowest BCUT2D eigenvalue weighted by Gasteiger charge is -2.27. The van der Waals surface area contributed by atoms with Crippen molar-refractivity contribution in [3.63, 3.8) is 0 Å². The summed E-state index contributed by atoms with van der Waals surface area (Å²) in [5.41, 5.74) is 2.38. The maximum atomic E-state index is 5.92. The lowest BCUT2D eigenvalue weighted by molar-refractivity contribution is 0.0359. The molecule has 4 rings (SSSR count). The zero-order chi connectivity index (χ0) is 14.8. The van der Waals surface area contributed by atoms with Crippen molar-refractivity contribution >= 4 is 11.0 Å². The van der Waals surface area contributed by atoms with Crippen LogP contribution in [0.15, 0.2) is 24.4 Å². The van der Waals surface area contributed by atoms with Crippen LogP contribution in [0.2, 0.25) is 0 Å². The Balaban J connectivity index is 1.60. The highest BCUT2D eigenvalue weighted by atomic mass is 16.5. The fourth-order valence-corrected chi connectivity index (χ4v) is 3.49. The highest BCUT2D eigenvalue weighted by Gasteiger charge is 2.23. The zero-order valence-electron chi connectivity index (χ0n) is 12.9. The van der Waals surface area contributed by atoms with Gasteiger partial charge in [0.1, 0.15) is 5.65 Å². The van der Waals surface area contributed by atoms with Crippen molar-refractivity contribution < 1.29 is 9.47 Å². The highest BCUT2D eigenvalue weighted by Crippen LogP contribution is 2.32. The molecule has 0 aliphatic carbocycles. The summed E-state index contributed by atoms with van der Waals surface area (Å²) in [7, 11) is 0. The molecule has 0 saturated carbocycles. The summed E-state index contributed by atoms with van der Waals surface area (Å²) < 4.78 is 13.7. The number of aromatic nitrogens is 2. The predicted octanol–water partition coefficient (Wildman–Crippen LogP) is 2.22. The molecular weight excluding hydrogens is 278 g/mol. The van der Waals surface area contributed by atoms with Crippen LogP contribution in [0.4, 0.5) is 0 Å². The van der Waals surface area contributed by atoms with Gasteiger partial charge in [-0.1, -0.05) is 0 Å². The molecule has 0 N–H and O–H groups in total. The molecule has 0 radical (unpaired) electrons. The van der Waals surface area contributed by atoms with Gasteiger partial charge in [0.05, 0.1) is 19.3 Å². The van der Waals surface area contributed by atoms with E-state index in [1.807, 2.05) is 12.3 Å². The SMILES string of the molecule is c1cnc2c(c1)cc([C@H]1CCCO1)n2CCN1CCOCC1. The number of morpholine rings is 1. The Kier molecular flexibility index (Phi) is 4.10. The fraction of sp³-hybridized carbons (Fsp3) is 0.588. The normalized spacial score (nSPS) is 23.4. The van der Waals surface area contributed by atoms with Gasteiger partial charge in [-0.2, -0.15) is 0 Å². The number of ether oxygens (including phenoxy) is 2. The summed E-state index contributed by atoms with van der Waals surface area (Å²) >= 11 is 0. The van der Waals surface area contributed by atoms with E-state index in [1.54, 1.807) is 0 Å². The summed E-state index contributed by atoms with van der Waals surface area (Å²) in [4.78, 5) is 7.07. The molecule has 0 bridgehead atoms. The van der Waals surface area contributed by atoms with Crippen LogP contribution in [0.1, 0.15) is 24.6 Å². The molecule has 0 unspecified atom stereocenters. The first-order valence-corrected chi connectivity index (χ1v) is 8.28. The molecule has 2 aliphatic rings. The van der Waals surface area contributed by atoms with Gasteiger partial charge in [-0.25, -0.2) is 4.98 Å². The largest absolute Gasteiger partial charge is 0.379 e. The van der Waals surface area contributed by atoms with Crippen LogP contribution >= 0.6 is 0 Å². The topological polar surface area (TPSA) is 39.5 Å². The number of rotatable bonds is 4. The molecule has 5 nitrogen and oxygen atoms in total. The van der Waals surface area contributed by atoms with E-state index >= 15 is 0 Å². The van der Waals surface area contributed by atoms with Gasteiger partial charge in [0.15, 0.2) is 0 Å². The van der Waals surface area contributed by atoms with E-state index in [2.05, 4.69) is 26.6 Å². The van der Waals surface area contributed by atoms with Crippen LogP contribution in [0.3, 0.4) is 0 Å². The maximum Gasteiger partial charge on any atom is 0.140 e. The first-order valence-electron chi connectivity index (χ1n) is 8.28. The molecule has 1 atom stereocenters. The van der Waals surface area contributed by atoms with Gasteiger partial charge in [0.25, 0.3) is 0 Å². The van der Waals surface area contributed by atoms with E-state index in [-0.39, 0.29) is 6.10 Å². The van der Waals surface area contributed by atoms with E-state index in [4.69, 9.17) is 9.47 Å². The number of hydrogen-bond acceptors (Lipinski definition) is 4. The van der Waals surface area contributed by atoms with E-state index in [0.717, 1.165) is 64.5 Å². The average molecular weight is 301 g/mol. The molecular formula is C17H23N3O2. The van der Waals surface area contributed by atoms with Crippen molar-refractivity contribution in [1.29, 1.82) is 0 Å². The Labute approximate surface area is 130 Å². The molecule has 0 aromatic carbocycles. The highest BCUT2D eigenvalue weighted by molar-refractivity contribution is 5.77. The van der Waals surface area contributed by atoms with Crippen LogP contribution in [0.5, 0.6) is 0 Å². The number of hydrogen-bond donors (Lipinski definition) is 0. The van der Waals surface area contributed by atoms with Gasteiger partial charge in [-0.05, 0) is 31.0 Å². The lowest BCUT2D eigenvalue weighted by Crippen LogP contribution is -2.38. The molecule has 2 aliphatic heterocycles. The zero-order valence-corrected chi connectivity index (χ0v) is 12.9. The minimum Gasteiger partial charge on any atom is -0.379 e. The van der Waals surface area contributed by atoms with Crippen LogP contribution in [0.25, 0.3) is 11.0 Å². The van der Waals surface area contributed by atoms with Crippen molar-refractivity contribution in [2.75, 3.05) is 39.5 Å².